The number of sulfonamides is 1. The lowest BCUT2D eigenvalue weighted by Gasteiger charge is -2.24. The summed E-state index contributed by atoms with van der Waals surface area (Å²) in [5.74, 6) is -1.54. The van der Waals surface area contributed by atoms with Crippen molar-refractivity contribution in [2.24, 2.45) is 4.99 Å². The monoisotopic (exact) mass is 574 g/mol. The molecule has 1 unspecified atom stereocenters. The van der Waals surface area contributed by atoms with Gasteiger partial charge in [-0.15, -0.1) is 0 Å². The van der Waals surface area contributed by atoms with Crippen LogP contribution in [0.15, 0.2) is 78.2 Å². The highest BCUT2D eigenvalue weighted by molar-refractivity contribution is 7.92. The summed E-state index contributed by atoms with van der Waals surface area (Å²) in [6.07, 6.45) is 6.53. The molecule has 212 valence electrons. The van der Waals surface area contributed by atoms with Crippen molar-refractivity contribution in [1.29, 1.82) is 0 Å². The van der Waals surface area contributed by atoms with Crippen molar-refractivity contribution in [1.82, 2.24) is 14.3 Å². The zero-order valence-electron chi connectivity index (χ0n) is 23.1. The van der Waals surface area contributed by atoms with Crippen molar-refractivity contribution in [3.63, 3.8) is 0 Å². The number of aromatic nitrogens is 2. The molecule has 12 heteroatoms. The predicted octanol–water partition coefficient (Wildman–Crippen LogP) is 3.31. The van der Waals surface area contributed by atoms with Crippen LogP contribution in [0.1, 0.15) is 27.4 Å². The summed E-state index contributed by atoms with van der Waals surface area (Å²) in [6, 6.07) is 15.5. The second kappa shape index (κ2) is 11.1. The molecule has 2 aromatic carbocycles. The summed E-state index contributed by atoms with van der Waals surface area (Å²) in [5.41, 5.74) is 4.52. The third-order valence-electron chi connectivity index (χ3n) is 6.80. The number of nitrogens with zero attached hydrogens (tertiary/aromatic N) is 5. The van der Waals surface area contributed by atoms with Crippen molar-refractivity contribution >= 4 is 50.3 Å². The summed E-state index contributed by atoms with van der Waals surface area (Å²) in [7, 11) is 1.57. The van der Waals surface area contributed by atoms with E-state index in [1.54, 1.807) is 48.7 Å². The number of pyridine rings is 1. The molecular weight excluding hydrogens is 544 g/mol. The molecule has 4 aromatic rings. The van der Waals surface area contributed by atoms with Gasteiger partial charge in [-0.05, 0) is 68.2 Å². The molecule has 0 aliphatic carbocycles. The SMILES string of the molecule is COC(=O)c1ccc2c(c1)NC(=O)C2C(=Nc1ccc(N(CCN(C)C)S(C)(=O)=O)cc1)c1ccc2nccn2c1. The van der Waals surface area contributed by atoms with Gasteiger partial charge in [-0.25, -0.2) is 18.2 Å². The molecule has 3 heterocycles. The number of nitrogens with one attached hydrogen (secondary N) is 1. The summed E-state index contributed by atoms with van der Waals surface area (Å²) < 4.78 is 33.0. The molecule has 1 aliphatic rings. The maximum Gasteiger partial charge on any atom is 0.337 e. The van der Waals surface area contributed by atoms with Gasteiger partial charge < -0.3 is 19.4 Å². The Balaban J connectivity index is 1.58. The second-order valence-electron chi connectivity index (χ2n) is 9.98. The average Bonchev–Trinajstić information content (AvgIpc) is 3.53. The van der Waals surface area contributed by atoms with Gasteiger partial charge in [0, 0.05) is 42.9 Å². The third-order valence-corrected chi connectivity index (χ3v) is 8.00. The van der Waals surface area contributed by atoms with Gasteiger partial charge in [0.15, 0.2) is 0 Å². The summed E-state index contributed by atoms with van der Waals surface area (Å²) >= 11 is 0. The molecule has 1 N–H and O–H groups in total. The number of carbonyl (C=O) groups is 2. The van der Waals surface area contributed by atoms with Gasteiger partial charge in [-0.3, -0.25) is 14.1 Å². The molecule has 41 heavy (non-hydrogen) atoms. The molecular formula is C29H30N6O5S. The molecule has 11 nitrogen and oxygen atoms in total. The standard InChI is InChI=1S/C29H30N6O5S/c1-33(2)15-16-35(41(4,38)39)22-9-7-21(8-10-22)31-27(20-6-12-25-30-13-14-34(25)18-20)26-23-11-5-19(29(37)40-3)17-24(23)32-28(26)36/h5-14,17-18,26H,15-16H2,1-4H3,(H,32,36). The normalized spacial score (nSPS) is 15.2. The van der Waals surface area contributed by atoms with E-state index < -0.39 is 21.9 Å². The van der Waals surface area contributed by atoms with E-state index in [2.05, 4.69) is 10.3 Å². The largest absolute Gasteiger partial charge is 0.465 e. The highest BCUT2D eigenvalue weighted by Gasteiger charge is 2.36. The van der Waals surface area contributed by atoms with Crippen LogP contribution in [-0.4, -0.2) is 80.8 Å². The first-order valence-electron chi connectivity index (χ1n) is 12.8. The van der Waals surface area contributed by atoms with Gasteiger partial charge >= 0.3 is 5.97 Å². The maximum atomic E-state index is 13.4. The summed E-state index contributed by atoms with van der Waals surface area (Å²) in [5, 5.41) is 2.87. The molecule has 1 atom stereocenters. The number of imidazole rings is 1. The zero-order chi connectivity index (χ0) is 29.3. The number of ether oxygens (including phenoxy) is 1. The molecule has 0 fully saturated rings. The highest BCUT2D eigenvalue weighted by atomic mass is 32.2. The van der Waals surface area contributed by atoms with Gasteiger partial charge in [0.1, 0.15) is 11.6 Å². The molecule has 0 saturated heterocycles. The number of amides is 1. The lowest BCUT2D eigenvalue weighted by molar-refractivity contribution is -0.115. The Bertz CT molecular complexity index is 1760. The highest BCUT2D eigenvalue weighted by Crippen LogP contribution is 2.37. The van der Waals surface area contributed by atoms with Crippen LogP contribution in [0.5, 0.6) is 0 Å². The van der Waals surface area contributed by atoms with Crippen LogP contribution in [0.4, 0.5) is 17.1 Å². The van der Waals surface area contributed by atoms with E-state index in [4.69, 9.17) is 9.73 Å². The van der Waals surface area contributed by atoms with E-state index >= 15 is 0 Å². The van der Waals surface area contributed by atoms with Gasteiger partial charge in [0.25, 0.3) is 0 Å². The molecule has 0 saturated carbocycles. The smallest absolute Gasteiger partial charge is 0.337 e. The van der Waals surface area contributed by atoms with Crippen molar-refractivity contribution in [3.05, 3.63) is 89.9 Å². The second-order valence-corrected chi connectivity index (χ2v) is 11.9. The number of benzene rings is 2. The Morgan fingerprint density at radius 1 is 1.07 bits per heavy atom. The number of hydrogen-bond donors (Lipinski definition) is 1. The number of fused-ring (bicyclic) bond motifs is 2. The summed E-state index contributed by atoms with van der Waals surface area (Å²) in [6.45, 7) is 0.860. The number of hydrogen-bond acceptors (Lipinski definition) is 8. The Morgan fingerprint density at radius 3 is 2.49 bits per heavy atom. The van der Waals surface area contributed by atoms with Crippen LogP contribution in [0.3, 0.4) is 0 Å². The van der Waals surface area contributed by atoms with Gasteiger partial charge in [-0.2, -0.15) is 0 Å². The van der Waals surface area contributed by atoms with Gasteiger partial charge in [0.05, 0.1) is 36.0 Å². The van der Waals surface area contributed by atoms with Crippen molar-refractivity contribution in [2.75, 3.05) is 50.2 Å². The van der Waals surface area contributed by atoms with E-state index in [-0.39, 0.29) is 5.91 Å². The zero-order valence-corrected chi connectivity index (χ0v) is 23.9. The van der Waals surface area contributed by atoms with Crippen LogP contribution in [0.25, 0.3) is 5.65 Å². The fourth-order valence-corrected chi connectivity index (χ4v) is 5.67. The Kier molecular flexibility index (Phi) is 7.61. The van der Waals surface area contributed by atoms with E-state index in [1.807, 2.05) is 47.9 Å². The number of aliphatic imine (C=N–C) groups is 1. The minimum absolute atomic E-state index is 0.282. The first-order valence-corrected chi connectivity index (χ1v) is 14.7. The van der Waals surface area contributed by atoms with Crippen molar-refractivity contribution in [3.8, 4) is 0 Å². The fourth-order valence-electron chi connectivity index (χ4n) is 4.76. The quantitative estimate of drug-likeness (QED) is 0.240. The Morgan fingerprint density at radius 2 is 1.80 bits per heavy atom. The number of rotatable bonds is 9. The first-order chi connectivity index (χ1) is 19.5. The molecule has 0 bridgehead atoms. The molecule has 5 rings (SSSR count). The van der Waals surface area contributed by atoms with Crippen LogP contribution in [0.2, 0.25) is 0 Å². The molecule has 1 aliphatic heterocycles. The minimum Gasteiger partial charge on any atom is -0.465 e. The summed E-state index contributed by atoms with van der Waals surface area (Å²) in [4.78, 5) is 36.6. The number of methoxy groups -OCH3 is 1. The van der Waals surface area contributed by atoms with Crippen molar-refractivity contribution in [2.45, 2.75) is 5.92 Å². The Hall–Kier alpha value is -4.55. The predicted molar refractivity (Wildman–Crippen MR) is 158 cm³/mol. The maximum absolute atomic E-state index is 13.4. The van der Waals surface area contributed by atoms with E-state index in [1.165, 1.54) is 17.7 Å². The van der Waals surface area contributed by atoms with Crippen LogP contribution < -0.4 is 9.62 Å². The first kappa shape index (κ1) is 28.0. The number of anilines is 2. The van der Waals surface area contributed by atoms with Crippen LogP contribution in [0, 0.1) is 0 Å². The van der Waals surface area contributed by atoms with Gasteiger partial charge in [-0.1, -0.05) is 6.07 Å². The van der Waals surface area contributed by atoms with E-state index in [0.717, 1.165) is 5.65 Å². The molecule has 2 aromatic heterocycles. The third kappa shape index (κ3) is 5.83. The number of carbonyl (C=O) groups excluding carboxylic acids is 2. The lowest BCUT2D eigenvalue weighted by Crippen LogP contribution is -2.35. The number of esters is 1. The van der Waals surface area contributed by atoms with Crippen LogP contribution in [-0.2, 0) is 19.6 Å². The topological polar surface area (TPSA) is 126 Å². The fraction of sp³-hybridized carbons (Fsp3) is 0.241. The number of likely N-dealkylation sites (N-methyl/N-ethyl adjacent to an activating group) is 1. The van der Waals surface area contributed by atoms with E-state index in [9.17, 15) is 18.0 Å². The van der Waals surface area contributed by atoms with Crippen LogP contribution >= 0.6 is 0 Å². The van der Waals surface area contributed by atoms with E-state index in [0.29, 0.717) is 52.6 Å². The Labute approximate surface area is 238 Å². The molecule has 0 radical (unpaired) electrons. The lowest BCUT2D eigenvalue weighted by atomic mass is 9.90. The minimum atomic E-state index is -3.50. The van der Waals surface area contributed by atoms with Gasteiger partial charge in [0.2, 0.25) is 15.9 Å². The van der Waals surface area contributed by atoms with Crippen molar-refractivity contribution < 1.29 is 22.7 Å². The molecule has 1 amide bonds. The molecule has 0 spiro atoms. The average molecular weight is 575 g/mol.